The van der Waals surface area contributed by atoms with Crippen molar-refractivity contribution in [3.63, 3.8) is 0 Å². The first-order chi connectivity index (χ1) is 11.3. The van der Waals surface area contributed by atoms with Crippen molar-refractivity contribution in [1.82, 2.24) is 0 Å². The van der Waals surface area contributed by atoms with Gasteiger partial charge < -0.3 is 4.90 Å². The molecule has 0 atom stereocenters. The molecule has 2 nitrogen and oxygen atoms in total. The van der Waals surface area contributed by atoms with Gasteiger partial charge in [-0.05, 0) is 29.8 Å². The predicted molar refractivity (Wildman–Crippen MR) is 103 cm³/mol. The van der Waals surface area contributed by atoms with Gasteiger partial charge in [-0.3, -0.25) is 4.79 Å². The van der Waals surface area contributed by atoms with Crippen LogP contribution in [0.4, 0.5) is 5.69 Å². The number of carbonyl (C=O) groups is 1. The van der Waals surface area contributed by atoms with Crippen LogP contribution in [0, 0.1) is 0 Å². The van der Waals surface area contributed by atoms with E-state index in [0.717, 1.165) is 23.5 Å². The number of rotatable bonds is 2. The maximum atomic E-state index is 12.9. The highest BCUT2D eigenvalue weighted by molar-refractivity contribution is 8.19. The first-order valence-corrected chi connectivity index (χ1v) is 10.8. The molecule has 2 aliphatic heterocycles. The first-order valence-electron chi connectivity index (χ1n) is 7.70. The lowest BCUT2D eigenvalue weighted by Gasteiger charge is -2.29. The molecular weight excluding hydrogens is 342 g/mol. The third-order valence-corrected chi connectivity index (χ3v) is 8.17. The predicted octanol–water partition coefficient (Wildman–Crippen LogP) is 4.92. The summed E-state index contributed by atoms with van der Waals surface area (Å²) < 4.78 is 0.534. The molecule has 0 aliphatic carbocycles. The van der Waals surface area contributed by atoms with Crippen molar-refractivity contribution < 1.29 is 4.79 Å². The molecule has 0 saturated carbocycles. The zero-order valence-electron chi connectivity index (χ0n) is 12.6. The van der Waals surface area contributed by atoms with Crippen molar-refractivity contribution in [1.29, 1.82) is 0 Å². The third-order valence-electron chi connectivity index (χ3n) is 4.03. The van der Waals surface area contributed by atoms with Crippen molar-refractivity contribution in [3.05, 3.63) is 59.7 Å². The van der Waals surface area contributed by atoms with Crippen molar-refractivity contribution in [2.75, 3.05) is 28.7 Å². The van der Waals surface area contributed by atoms with Crippen LogP contribution in [0.25, 0.3) is 0 Å². The van der Waals surface area contributed by atoms with E-state index >= 15 is 0 Å². The second-order valence-electron chi connectivity index (χ2n) is 5.47. The highest BCUT2D eigenvalue weighted by atomic mass is 32.2. The summed E-state index contributed by atoms with van der Waals surface area (Å²) in [5.41, 5.74) is 3.15. The number of benzene rings is 2. The van der Waals surface area contributed by atoms with E-state index in [1.165, 1.54) is 22.0 Å². The zero-order chi connectivity index (χ0) is 15.6. The summed E-state index contributed by atoms with van der Waals surface area (Å²) in [4.78, 5) is 16.0. The second-order valence-corrected chi connectivity index (χ2v) is 9.33. The first kappa shape index (κ1) is 15.5. The van der Waals surface area contributed by atoms with Gasteiger partial charge in [0.25, 0.3) is 5.91 Å². The average molecular weight is 360 g/mol. The summed E-state index contributed by atoms with van der Waals surface area (Å²) in [5, 5.41) is 0. The minimum Gasteiger partial charge on any atom is -0.306 e. The molecule has 23 heavy (non-hydrogen) atoms. The normalized spacial score (nSPS) is 18.0. The van der Waals surface area contributed by atoms with Crippen LogP contribution in [0.2, 0.25) is 0 Å². The van der Waals surface area contributed by atoms with Crippen molar-refractivity contribution in [2.24, 2.45) is 0 Å². The molecule has 5 heteroatoms. The molecule has 2 aromatic rings. The van der Waals surface area contributed by atoms with E-state index in [-0.39, 0.29) is 5.91 Å². The van der Waals surface area contributed by atoms with Gasteiger partial charge in [0.1, 0.15) is 0 Å². The van der Waals surface area contributed by atoms with Crippen LogP contribution < -0.4 is 4.90 Å². The van der Waals surface area contributed by atoms with Gasteiger partial charge in [0.05, 0.1) is 10.3 Å². The molecule has 0 bridgehead atoms. The van der Waals surface area contributed by atoms with Crippen molar-refractivity contribution in [3.8, 4) is 0 Å². The Bertz CT molecular complexity index is 710. The van der Waals surface area contributed by atoms with Crippen LogP contribution in [0.1, 0.15) is 20.5 Å². The Balaban J connectivity index is 1.57. The SMILES string of the molecule is O=C(c1ccc(C2SCCS2)cc1)N1CCSc2ccccc21. The number of anilines is 1. The molecule has 2 aliphatic rings. The Morgan fingerprint density at radius 2 is 1.70 bits per heavy atom. The fourth-order valence-electron chi connectivity index (χ4n) is 2.87. The number of fused-ring (bicyclic) bond motifs is 1. The molecule has 1 amide bonds. The van der Waals surface area contributed by atoms with Gasteiger partial charge >= 0.3 is 0 Å². The number of carbonyl (C=O) groups excluding carboxylic acids is 1. The lowest BCUT2D eigenvalue weighted by Crippen LogP contribution is -2.35. The third kappa shape index (κ3) is 3.14. The van der Waals surface area contributed by atoms with Gasteiger partial charge in [-0.25, -0.2) is 0 Å². The molecule has 2 aromatic carbocycles. The van der Waals surface area contributed by atoms with Crippen LogP contribution in [-0.2, 0) is 0 Å². The topological polar surface area (TPSA) is 20.3 Å². The summed E-state index contributed by atoms with van der Waals surface area (Å²) in [6, 6.07) is 16.4. The number of amides is 1. The molecule has 4 rings (SSSR count). The Morgan fingerprint density at radius 1 is 0.957 bits per heavy atom. The maximum absolute atomic E-state index is 12.9. The fourth-order valence-corrected chi connectivity index (χ4v) is 6.72. The summed E-state index contributed by atoms with van der Waals surface area (Å²) in [7, 11) is 0. The van der Waals surface area contributed by atoms with Crippen LogP contribution >= 0.6 is 35.3 Å². The standard InChI is InChI=1S/C18H17NOS3/c20-17(19-9-10-21-16-4-2-1-3-15(16)19)13-5-7-14(8-6-13)18-22-11-12-23-18/h1-8,18H,9-12H2. The highest BCUT2D eigenvalue weighted by Gasteiger charge is 2.24. The highest BCUT2D eigenvalue weighted by Crippen LogP contribution is 2.45. The van der Waals surface area contributed by atoms with Crippen LogP contribution in [0.5, 0.6) is 0 Å². The lowest BCUT2D eigenvalue weighted by molar-refractivity contribution is 0.0987. The van der Waals surface area contributed by atoms with E-state index in [9.17, 15) is 4.79 Å². The number of hydrogen-bond acceptors (Lipinski definition) is 4. The van der Waals surface area contributed by atoms with Crippen LogP contribution in [0.15, 0.2) is 53.4 Å². The van der Waals surface area contributed by atoms with E-state index in [1.54, 1.807) is 0 Å². The Morgan fingerprint density at radius 3 is 2.48 bits per heavy atom. The monoisotopic (exact) mass is 359 g/mol. The van der Waals surface area contributed by atoms with E-state index in [0.29, 0.717) is 4.58 Å². The van der Waals surface area contributed by atoms with Gasteiger partial charge in [-0.15, -0.1) is 35.3 Å². The molecule has 0 unspecified atom stereocenters. The van der Waals surface area contributed by atoms with Gasteiger partial charge in [0.15, 0.2) is 0 Å². The molecule has 0 spiro atoms. The van der Waals surface area contributed by atoms with Gasteiger partial charge in [0, 0.05) is 34.3 Å². The minimum atomic E-state index is 0.107. The Labute approximate surface area is 149 Å². The zero-order valence-corrected chi connectivity index (χ0v) is 15.1. The van der Waals surface area contributed by atoms with Gasteiger partial charge in [0.2, 0.25) is 0 Å². The van der Waals surface area contributed by atoms with E-state index in [4.69, 9.17) is 0 Å². The summed E-state index contributed by atoms with van der Waals surface area (Å²) >= 11 is 5.81. The average Bonchev–Trinajstić information content (AvgIpc) is 3.15. The lowest BCUT2D eigenvalue weighted by atomic mass is 10.1. The van der Waals surface area contributed by atoms with Crippen molar-refractivity contribution in [2.45, 2.75) is 9.48 Å². The Hall–Kier alpha value is -1.04. The van der Waals surface area contributed by atoms with Crippen LogP contribution in [-0.4, -0.2) is 29.7 Å². The number of para-hydroxylation sites is 1. The van der Waals surface area contributed by atoms with Crippen LogP contribution in [0.3, 0.4) is 0 Å². The van der Waals surface area contributed by atoms with Gasteiger partial charge in [-0.1, -0.05) is 24.3 Å². The minimum absolute atomic E-state index is 0.107. The molecule has 118 valence electrons. The summed E-state index contributed by atoms with van der Waals surface area (Å²) in [6.45, 7) is 0.774. The molecule has 2 heterocycles. The quantitative estimate of drug-likeness (QED) is 0.758. The van der Waals surface area contributed by atoms with E-state index in [1.807, 2.05) is 70.5 Å². The molecule has 1 fully saturated rings. The van der Waals surface area contributed by atoms with E-state index in [2.05, 4.69) is 18.2 Å². The number of thioether (sulfide) groups is 3. The van der Waals surface area contributed by atoms with Gasteiger partial charge in [-0.2, -0.15) is 0 Å². The largest absolute Gasteiger partial charge is 0.306 e. The van der Waals surface area contributed by atoms with Crippen molar-refractivity contribution >= 4 is 46.9 Å². The fraction of sp³-hybridized carbons (Fsp3) is 0.278. The van der Waals surface area contributed by atoms with E-state index < -0.39 is 0 Å². The number of nitrogens with zero attached hydrogens (tertiary/aromatic N) is 1. The summed E-state index contributed by atoms with van der Waals surface area (Å²) in [5.74, 6) is 3.50. The number of hydrogen-bond donors (Lipinski definition) is 0. The smallest absolute Gasteiger partial charge is 0.258 e. The summed E-state index contributed by atoms with van der Waals surface area (Å²) in [6.07, 6.45) is 0. The molecular formula is C18H17NOS3. The molecule has 0 aromatic heterocycles. The Kier molecular flexibility index (Phi) is 4.60. The molecule has 0 radical (unpaired) electrons. The second kappa shape index (κ2) is 6.83. The molecule has 0 N–H and O–H groups in total. The maximum Gasteiger partial charge on any atom is 0.258 e. The molecule has 1 saturated heterocycles.